The highest BCUT2D eigenvalue weighted by Gasteiger charge is 2.36. The fourth-order valence-corrected chi connectivity index (χ4v) is 6.15. The average Bonchev–Trinajstić information content (AvgIpc) is 2.87. The van der Waals surface area contributed by atoms with Crippen molar-refractivity contribution in [3.05, 3.63) is 95.4 Å². The lowest BCUT2D eigenvalue weighted by atomic mass is 10.1. The van der Waals surface area contributed by atoms with Crippen LogP contribution in [0, 0.1) is 5.82 Å². The van der Waals surface area contributed by atoms with Crippen molar-refractivity contribution in [3.63, 3.8) is 0 Å². The Bertz CT molecular complexity index is 1580. The number of carbonyl (C=O) groups excluding carboxylic acids is 1. The van der Waals surface area contributed by atoms with E-state index in [1.807, 2.05) is 0 Å². The summed E-state index contributed by atoms with van der Waals surface area (Å²) in [6.07, 6.45) is 1.25. The predicted octanol–water partition coefficient (Wildman–Crippen LogP) is 5.38. The predicted molar refractivity (Wildman–Crippen MR) is 138 cm³/mol. The molecule has 4 aromatic rings. The number of fused-ring (bicyclic) bond motifs is 3. The highest BCUT2D eigenvalue weighted by molar-refractivity contribution is 7.99. The van der Waals surface area contributed by atoms with E-state index in [9.17, 15) is 17.6 Å². The first-order valence-electron chi connectivity index (χ1n) is 10.7. The fourth-order valence-electron chi connectivity index (χ4n) is 3.80. The molecule has 1 amide bonds. The van der Waals surface area contributed by atoms with Crippen molar-refractivity contribution in [1.82, 2.24) is 9.97 Å². The highest BCUT2D eigenvalue weighted by atomic mass is 35.5. The van der Waals surface area contributed by atoms with E-state index in [4.69, 9.17) is 11.6 Å². The van der Waals surface area contributed by atoms with Gasteiger partial charge in [-0.05, 0) is 35.9 Å². The van der Waals surface area contributed by atoms with Crippen molar-refractivity contribution in [3.8, 4) is 11.3 Å². The number of sulfonamides is 1. The summed E-state index contributed by atoms with van der Waals surface area (Å²) in [6.45, 7) is -0.0464. The second-order valence-corrected chi connectivity index (χ2v) is 11.0. The molecule has 0 atom stereocenters. The minimum Gasteiger partial charge on any atom is -0.324 e. The molecule has 0 spiro atoms. The Balaban J connectivity index is 1.42. The summed E-state index contributed by atoms with van der Waals surface area (Å²) in [6, 6.07) is 19.7. The van der Waals surface area contributed by atoms with Crippen molar-refractivity contribution < 1.29 is 17.6 Å². The number of nitrogens with zero attached hydrogens (tertiary/aromatic N) is 3. The van der Waals surface area contributed by atoms with Gasteiger partial charge in [0, 0.05) is 5.56 Å². The standard InChI is InChI=1S/C25H18ClFN4O3S2/c26-19-9-2-3-10-20(19)29-23(32)15-35-25-28-13-22-24(30-25)18-8-1-4-11-21(18)31(36(22,33)34)14-16-6-5-7-17(27)12-16/h1-13H,14-15H2,(H,29,32). The first kappa shape index (κ1) is 24.2. The zero-order chi connectivity index (χ0) is 25.3. The number of para-hydroxylation sites is 2. The van der Waals surface area contributed by atoms with E-state index in [1.54, 1.807) is 54.6 Å². The maximum absolute atomic E-state index is 13.7. The van der Waals surface area contributed by atoms with Crippen LogP contribution in [0.3, 0.4) is 0 Å². The van der Waals surface area contributed by atoms with Crippen LogP contribution in [0.2, 0.25) is 5.02 Å². The van der Waals surface area contributed by atoms with E-state index in [0.29, 0.717) is 27.5 Å². The molecule has 0 radical (unpaired) electrons. The monoisotopic (exact) mass is 540 g/mol. The number of carbonyl (C=O) groups is 1. The van der Waals surface area contributed by atoms with Gasteiger partial charge in [0.05, 0.1) is 40.6 Å². The van der Waals surface area contributed by atoms with Crippen LogP contribution in [0.15, 0.2) is 89.0 Å². The molecule has 1 aromatic heterocycles. The molecule has 0 aliphatic carbocycles. The van der Waals surface area contributed by atoms with Gasteiger partial charge < -0.3 is 5.32 Å². The molecule has 3 aromatic carbocycles. The largest absolute Gasteiger partial charge is 0.324 e. The second-order valence-electron chi connectivity index (χ2n) is 7.84. The lowest BCUT2D eigenvalue weighted by molar-refractivity contribution is -0.113. The molecule has 2 heterocycles. The van der Waals surface area contributed by atoms with Gasteiger partial charge in [-0.25, -0.2) is 22.8 Å². The SMILES string of the molecule is O=C(CSc1ncc2c(n1)-c1ccccc1N(Cc1cccc(F)c1)S2(=O)=O)Nc1ccccc1Cl. The summed E-state index contributed by atoms with van der Waals surface area (Å²) in [5.41, 5.74) is 2.29. The first-order chi connectivity index (χ1) is 17.3. The second kappa shape index (κ2) is 9.88. The Morgan fingerprint density at radius 2 is 1.83 bits per heavy atom. The van der Waals surface area contributed by atoms with Crippen LogP contribution in [0.1, 0.15) is 5.56 Å². The topological polar surface area (TPSA) is 92.3 Å². The van der Waals surface area contributed by atoms with Gasteiger partial charge in [0.2, 0.25) is 5.91 Å². The number of hydrogen-bond donors (Lipinski definition) is 1. The van der Waals surface area contributed by atoms with E-state index in [2.05, 4.69) is 15.3 Å². The molecule has 0 fully saturated rings. The molecule has 0 unspecified atom stereocenters. The van der Waals surface area contributed by atoms with Crippen LogP contribution < -0.4 is 9.62 Å². The minimum absolute atomic E-state index is 0.00407. The number of aromatic nitrogens is 2. The first-order valence-corrected chi connectivity index (χ1v) is 13.5. The number of benzene rings is 3. The van der Waals surface area contributed by atoms with Crippen LogP contribution in [0.25, 0.3) is 11.3 Å². The number of rotatable bonds is 6. The zero-order valence-electron chi connectivity index (χ0n) is 18.6. The smallest absolute Gasteiger partial charge is 0.268 e. The van der Waals surface area contributed by atoms with Crippen LogP contribution in [-0.4, -0.2) is 30.0 Å². The molecule has 182 valence electrons. The molecule has 1 aliphatic rings. The van der Waals surface area contributed by atoms with E-state index < -0.39 is 15.8 Å². The van der Waals surface area contributed by atoms with Gasteiger partial charge >= 0.3 is 0 Å². The molecular weight excluding hydrogens is 523 g/mol. The highest BCUT2D eigenvalue weighted by Crippen LogP contribution is 2.42. The summed E-state index contributed by atoms with van der Waals surface area (Å²) in [5, 5.41) is 3.41. The van der Waals surface area contributed by atoms with E-state index in [1.165, 1.54) is 28.7 Å². The Morgan fingerprint density at radius 1 is 1.06 bits per heavy atom. The normalized spacial score (nSPS) is 13.6. The third-order valence-electron chi connectivity index (χ3n) is 5.42. The molecule has 1 aliphatic heterocycles. The van der Waals surface area contributed by atoms with Gasteiger partial charge in [-0.2, -0.15) is 0 Å². The Labute approximate surface area is 216 Å². The molecule has 11 heteroatoms. The van der Waals surface area contributed by atoms with Crippen molar-refractivity contribution in [2.75, 3.05) is 15.4 Å². The van der Waals surface area contributed by atoms with E-state index in [0.717, 1.165) is 11.8 Å². The number of thioether (sulfide) groups is 1. The van der Waals surface area contributed by atoms with Crippen LogP contribution in [0.5, 0.6) is 0 Å². The molecule has 0 saturated heterocycles. The van der Waals surface area contributed by atoms with Gasteiger partial charge in [-0.3, -0.25) is 9.10 Å². The number of anilines is 2. The summed E-state index contributed by atoms with van der Waals surface area (Å²) < 4.78 is 42.0. The van der Waals surface area contributed by atoms with Crippen molar-refractivity contribution in [2.24, 2.45) is 0 Å². The molecule has 7 nitrogen and oxygen atoms in total. The lowest BCUT2D eigenvalue weighted by Crippen LogP contribution is -2.34. The number of nitrogens with one attached hydrogen (secondary N) is 1. The van der Waals surface area contributed by atoms with Crippen molar-refractivity contribution >= 4 is 50.7 Å². The lowest BCUT2D eigenvalue weighted by Gasteiger charge is -2.31. The summed E-state index contributed by atoms with van der Waals surface area (Å²) in [4.78, 5) is 21.0. The third kappa shape index (κ3) is 4.79. The number of hydrogen-bond acceptors (Lipinski definition) is 6. The summed E-state index contributed by atoms with van der Waals surface area (Å²) in [5.74, 6) is -0.743. The quantitative estimate of drug-likeness (QED) is 0.261. The maximum Gasteiger partial charge on any atom is 0.268 e. The number of halogens is 2. The minimum atomic E-state index is -4.02. The molecule has 5 rings (SSSR count). The van der Waals surface area contributed by atoms with Gasteiger partial charge in [0.1, 0.15) is 10.7 Å². The van der Waals surface area contributed by atoms with Crippen LogP contribution in [0.4, 0.5) is 15.8 Å². The summed E-state index contributed by atoms with van der Waals surface area (Å²) in [7, 11) is -4.02. The van der Waals surface area contributed by atoms with Gasteiger partial charge in [-0.15, -0.1) is 0 Å². The third-order valence-corrected chi connectivity index (χ3v) is 8.38. The fraction of sp³-hybridized carbons (Fsp3) is 0.0800. The molecule has 0 bridgehead atoms. The van der Waals surface area contributed by atoms with Gasteiger partial charge in [0.15, 0.2) is 5.16 Å². The van der Waals surface area contributed by atoms with Gasteiger partial charge in [-0.1, -0.05) is 65.8 Å². The van der Waals surface area contributed by atoms with Crippen LogP contribution >= 0.6 is 23.4 Å². The van der Waals surface area contributed by atoms with E-state index >= 15 is 0 Å². The molecule has 36 heavy (non-hydrogen) atoms. The zero-order valence-corrected chi connectivity index (χ0v) is 20.9. The average molecular weight is 541 g/mol. The van der Waals surface area contributed by atoms with Crippen molar-refractivity contribution in [2.45, 2.75) is 16.6 Å². The van der Waals surface area contributed by atoms with Crippen LogP contribution in [-0.2, 0) is 21.4 Å². The Kier molecular flexibility index (Phi) is 6.65. The van der Waals surface area contributed by atoms with E-state index in [-0.39, 0.29) is 34.0 Å². The maximum atomic E-state index is 13.7. The molecular formula is C25H18ClFN4O3S2. The van der Waals surface area contributed by atoms with Gasteiger partial charge in [0.25, 0.3) is 10.0 Å². The Hall–Kier alpha value is -3.47. The number of amides is 1. The molecule has 0 saturated carbocycles. The summed E-state index contributed by atoms with van der Waals surface area (Å²) >= 11 is 7.16. The van der Waals surface area contributed by atoms with Crippen molar-refractivity contribution in [1.29, 1.82) is 0 Å². The Morgan fingerprint density at radius 3 is 2.64 bits per heavy atom. The molecule has 1 N–H and O–H groups in total.